The van der Waals surface area contributed by atoms with Crippen molar-refractivity contribution in [3.63, 3.8) is 0 Å². The van der Waals surface area contributed by atoms with Gasteiger partial charge < -0.3 is 10.4 Å². The third-order valence-corrected chi connectivity index (χ3v) is 7.06. The Kier molecular flexibility index (Phi) is 5.76. The molecule has 1 amide bonds. The molecule has 1 aliphatic heterocycles. The van der Waals surface area contributed by atoms with Crippen LogP contribution in [0.1, 0.15) is 38.5 Å². The van der Waals surface area contributed by atoms with Crippen LogP contribution >= 0.6 is 0 Å². The molecule has 0 aromatic heterocycles. The van der Waals surface area contributed by atoms with Crippen molar-refractivity contribution in [1.82, 2.24) is 9.62 Å². The lowest BCUT2D eigenvalue weighted by Gasteiger charge is -2.34. The van der Waals surface area contributed by atoms with Crippen LogP contribution in [-0.4, -0.2) is 49.0 Å². The number of aliphatic hydroxyl groups excluding tert-OH is 1. The Hall–Kier alpha value is -1.44. The van der Waals surface area contributed by atoms with E-state index in [1.165, 1.54) is 4.31 Å². The first kappa shape index (κ1) is 18.4. The Labute approximate surface area is 149 Å². The van der Waals surface area contributed by atoms with E-state index in [2.05, 4.69) is 5.32 Å². The second-order valence-corrected chi connectivity index (χ2v) is 8.97. The number of amides is 1. The standard InChI is InChI=1S/C18H26N2O4S/c21-16-10-8-14(9-11-16)18(22)19-15-5-4-12-20(13-15)25(23,24)17-6-2-1-3-7-17/h1-3,6-7,14-16,21H,4-5,8-13H2,(H,19,22)/t14?,15-,16?/m1/s1. The minimum absolute atomic E-state index is 0.00383. The molecule has 2 N–H and O–H groups in total. The maximum Gasteiger partial charge on any atom is 0.243 e. The van der Waals surface area contributed by atoms with Crippen molar-refractivity contribution in [2.75, 3.05) is 13.1 Å². The summed E-state index contributed by atoms with van der Waals surface area (Å²) in [5.41, 5.74) is 0. The van der Waals surface area contributed by atoms with E-state index in [-0.39, 0.29) is 24.0 Å². The van der Waals surface area contributed by atoms with Crippen molar-refractivity contribution >= 4 is 15.9 Å². The molecule has 1 aliphatic carbocycles. The molecule has 0 spiro atoms. The number of carbonyl (C=O) groups is 1. The summed E-state index contributed by atoms with van der Waals surface area (Å²) < 4.78 is 27.0. The summed E-state index contributed by atoms with van der Waals surface area (Å²) in [5, 5.41) is 12.6. The van der Waals surface area contributed by atoms with Gasteiger partial charge in [-0.2, -0.15) is 4.31 Å². The van der Waals surface area contributed by atoms with Gasteiger partial charge in [-0.15, -0.1) is 0 Å². The zero-order valence-corrected chi connectivity index (χ0v) is 15.1. The lowest BCUT2D eigenvalue weighted by atomic mass is 9.86. The molecule has 1 saturated carbocycles. The van der Waals surface area contributed by atoms with Gasteiger partial charge in [0.2, 0.25) is 15.9 Å². The predicted molar refractivity (Wildman–Crippen MR) is 94.3 cm³/mol. The predicted octanol–water partition coefficient (Wildman–Crippen LogP) is 1.51. The Morgan fingerprint density at radius 2 is 1.76 bits per heavy atom. The van der Waals surface area contributed by atoms with E-state index in [9.17, 15) is 18.3 Å². The van der Waals surface area contributed by atoms with Gasteiger partial charge in [-0.25, -0.2) is 8.42 Å². The molecule has 1 atom stereocenters. The van der Waals surface area contributed by atoms with E-state index in [0.29, 0.717) is 43.7 Å². The summed E-state index contributed by atoms with van der Waals surface area (Å²) in [7, 11) is -3.51. The number of hydrogen-bond donors (Lipinski definition) is 2. The first-order chi connectivity index (χ1) is 12.0. The van der Waals surface area contributed by atoms with E-state index in [1.807, 2.05) is 0 Å². The second-order valence-electron chi connectivity index (χ2n) is 7.03. The van der Waals surface area contributed by atoms with E-state index < -0.39 is 10.0 Å². The minimum atomic E-state index is -3.51. The van der Waals surface area contributed by atoms with Crippen LogP contribution in [-0.2, 0) is 14.8 Å². The van der Waals surface area contributed by atoms with E-state index >= 15 is 0 Å². The summed E-state index contributed by atoms with van der Waals surface area (Å²) >= 11 is 0. The van der Waals surface area contributed by atoms with Gasteiger partial charge in [-0.05, 0) is 50.7 Å². The monoisotopic (exact) mass is 366 g/mol. The van der Waals surface area contributed by atoms with Crippen LogP contribution in [0.15, 0.2) is 35.2 Å². The van der Waals surface area contributed by atoms with Gasteiger partial charge in [0.25, 0.3) is 0 Å². The topological polar surface area (TPSA) is 86.7 Å². The highest BCUT2D eigenvalue weighted by atomic mass is 32.2. The molecule has 1 heterocycles. The number of nitrogens with zero attached hydrogens (tertiary/aromatic N) is 1. The average Bonchev–Trinajstić information content (AvgIpc) is 2.63. The second kappa shape index (κ2) is 7.85. The van der Waals surface area contributed by atoms with E-state index in [1.54, 1.807) is 30.3 Å². The zero-order chi connectivity index (χ0) is 17.9. The van der Waals surface area contributed by atoms with Crippen LogP contribution in [0.4, 0.5) is 0 Å². The molecule has 1 saturated heterocycles. The summed E-state index contributed by atoms with van der Waals surface area (Å²) in [4.78, 5) is 12.7. The maximum atomic E-state index is 12.7. The lowest BCUT2D eigenvalue weighted by molar-refractivity contribution is -0.127. The van der Waals surface area contributed by atoms with Gasteiger partial charge in [0.15, 0.2) is 0 Å². The molecule has 1 aromatic rings. The molecule has 0 bridgehead atoms. The fraction of sp³-hybridized carbons (Fsp3) is 0.611. The largest absolute Gasteiger partial charge is 0.393 e. The van der Waals surface area contributed by atoms with E-state index in [0.717, 1.165) is 12.8 Å². The molecule has 0 radical (unpaired) electrons. The minimum Gasteiger partial charge on any atom is -0.393 e. The molecular formula is C18H26N2O4S. The molecule has 6 nitrogen and oxygen atoms in total. The molecule has 2 fully saturated rings. The third kappa shape index (κ3) is 4.40. The highest BCUT2D eigenvalue weighted by Crippen LogP contribution is 2.25. The number of aliphatic hydroxyl groups is 1. The highest BCUT2D eigenvalue weighted by Gasteiger charge is 2.32. The molecule has 1 aromatic carbocycles. The van der Waals surface area contributed by atoms with Crippen molar-refractivity contribution in [3.05, 3.63) is 30.3 Å². The summed E-state index contributed by atoms with van der Waals surface area (Å²) in [6.07, 6.45) is 3.97. The normalized spacial score (nSPS) is 28.4. The van der Waals surface area contributed by atoms with Crippen molar-refractivity contribution in [3.8, 4) is 0 Å². The molecule has 2 aliphatic rings. The molecule has 0 unspecified atom stereocenters. The number of piperidine rings is 1. The lowest BCUT2D eigenvalue weighted by Crippen LogP contribution is -2.51. The smallest absolute Gasteiger partial charge is 0.243 e. The number of benzene rings is 1. The first-order valence-corrected chi connectivity index (χ1v) is 10.4. The number of nitrogens with one attached hydrogen (secondary N) is 1. The van der Waals surface area contributed by atoms with Gasteiger partial charge in [0.1, 0.15) is 0 Å². The Morgan fingerprint density at radius 1 is 1.08 bits per heavy atom. The summed E-state index contributed by atoms with van der Waals surface area (Å²) in [6, 6.07) is 8.28. The summed E-state index contributed by atoms with van der Waals surface area (Å²) in [6.45, 7) is 0.803. The fourth-order valence-electron chi connectivity index (χ4n) is 3.68. The molecule has 138 valence electrons. The summed E-state index contributed by atoms with van der Waals surface area (Å²) in [5.74, 6) is -0.0691. The SMILES string of the molecule is O=C(N[C@@H]1CCCN(S(=O)(=O)c2ccccc2)C1)C1CCC(O)CC1. The Balaban J connectivity index is 1.60. The third-order valence-electron chi connectivity index (χ3n) is 5.18. The van der Waals surface area contributed by atoms with Crippen molar-refractivity contribution in [2.24, 2.45) is 5.92 Å². The number of carbonyl (C=O) groups excluding carboxylic acids is 1. The molecule has 7 heteroatoms. The van der Waals surface area contributed by atoms with Crippen LogP contribution in [0.2, 0.25) is 0 Å². The van der Waals surface area contributed by atoms with Crippen molar-refractivity contribution in [1.29, 1.82) is 0 Å². The molecular weight excluding hydrogens is 340 g/mol. The Bertz CT molecular complexity index is 684. The van der Waals surface area contributed by atoms with Crippen LogP contribution in [0, 0.1) is 5.92 Å². The fourth-order valence-corrected chi connectivity index (χ4v) is 5.22. The van der Waals surface area contributed by atoms with Crippen LogP contribution in [0.5, 0.6) is 0 Å². The van der Waals surface area contributed by atoms with Crippen LogP contribution in [0.3, 0.4) is 0 Å². The van der Waals surface area contributed by atoms with Gasteiger partial charge in [-0.1, -0.05) is 18.2 Å². The van der Waals surface area contributed by atoms with Crippen molar-refractivity contribution in [2.45, 2.75) is 55.6 Å². The first-order valence-electron chi connectivity index (χ1n) is 9.00. The Morgan fingerprint density at radius 3 is 2.44 bits per heavy atom. The maximum absolute atomic E-state index is 12.7. The van der Waals surface area contributed by atoms with Crippen LogP contribution < -0.4 is 5.32 Å². The molecule has 25 heavy (non-hydrogen) atoms. The van der Waals surface area contributed by atoms with E-state index in [4.69, 9.17) is 0 Å². The van der Waals surface area contributed by atoms with Crippen molar-refractivity contribution < 1.29 is 18.3 Å². The highest BCUT2D eigenvalue weighted by molar-refractivity contribution is 7.89. The van der Waals surface area contributed by atoms with Gasteiger partial charge in [-0.3, -0.25) is 4.79 Å². The average molecular weight is 366 g/mol. The number of rotatable bonds is 4. The van der Waals surface area contributed by atoms with Gasteiger partial charge in [0.05, 0.1) is 11.0 Å². The molecule has 3 rings (SSSR count). The van der Waals surface area contributed by atoms with Gasteiger partial charge in [0, 0.05) is 25.0 Å². The van der Waals surface area contributed by atoms with Crippen LogP contribution in [0.25, 0.3) is 0 Å². The number of sulfonamides is 1. The quantitative estimate of drug-likeness (QED) is 0.846. The number of hydrogen-bond acceptors (Lipinski definition) is 4. The van der Waals surface area contributed by atoms with Gasteiger partial charge >= 0.3 is 0 Å². The zero-order valence-electron chi connectivity index (χ0n) is 14.3.